The Labute approximate surface area is 301 Å². The number of nitro benzene ring substituents is 1. The minimum atomic E-state index is -5.08. The maximum absolute atomic E-state index is 14.7. The van der Waals surface area contributed by atoms with Gasteiger partial charge in [-0.3, -0.25) is 19.7 Å². The van der Waals surface area contributed by atoms with Crippen molar-refractivity contribution >= 4 is 45.8 Å². The molecule has 1 aromatic heterocycles. The number of amides is 1. The number of nitrogens with one attached hydrogen (secondary N) is 1. The molecule has 1 saturated heterocycles. The second kappa shape index (κ2) is 16.9. The molecule has 282 valence electrons. The highest BCUT2D eigenvalue weighted by Crippen LogP contribution is 2.42. The van der Waals surface area contributed by atoms with Crippen LogP contribution in [0, 0.1) is 16.0 Å². The van der Waals surface area contributed by atoms with Crippen molar-refractivity contribution in [2.24, 2.45) is 5.92 Å². The number of benzene rings is 3. The molecule has 17 heteroatoms. The first-order valence-corrected chi connectivity index (χ1v) is 16.3. The van der Waals surface area contributed by atoms with Gasteiger partial charge < -0.3 is 35.3 Å². The van der Waals surface area contributed by atoms with Crippen molar-refractivity contribution in [3.05, 3.63) is 94.2 Å². The number of aromatic nitrogens is 1. The molecule has 0 aliphatic carbocycles. The second-order valence-electron chi connectivity index (χ2n) is 12.1. The summed E-state index contributed by atoms with van der Waals surface area (Å²) < 4.78 is 48.7. The number of anilines is 2. The van der Waals surface area contributed by atoms with Crippen LogP contribution >= 0.6 is 0 Å². The normalized spacial score (nSPS) is 16.0. The Morgan fingerprint density at radius 1 is 1.09 bits per heavy atom. The number of nitrogens with zero attached hydrogens (tertiary/aromatic N) is 3. The van der Waals surface area contributed by atoms with E-state index in [1.54, 1.807) is 41.4 Å². The van der Waals surface area contributed by atoms with Gasteiger partial charge >= 0.3 is 18.1 Å². The lowest BCUT2D eigenvalue weighted by molar-refractivity contribution is -0.385. The maximum Gasteiger partial charge on any atom is 0.490 e. The number of pyridine rings is 1. The molecule has 1 fully saturated rings. The summed E-state index contributed by atoms with van der Waals surface area (Å²) in [4.78, 5) is 53.5. The van der Waals surface area contributed by atoms with E-state index in [0.717, 1.165) is 10.8 Å². The number of carbonyl (C=O) groups is 3. The van der Waals surface area contributed by atoms with Crippen molar-refractivity contribution in [3.63, 3.8) is 0 Å². The first-order valence-electron chi connectivity index (χ1n) is 16.3. The van der Waals surface area contributed by atoms with Crippen molar-refractivity contribution in [2.75, 3.05) is 31.3 Å². The zero-order chi connectivity index (χ0) is 39.0. The van der Waals surface area contributed by atoms with Gasteiger partial charge in [0, 0.05) is 35.9 Å². The number of carboxylic acids is 1. The van der Waals surface area contributed by atoms with Gasteiger partial charge in [-0.1, -0.05) is 18.2 Å². The summed E-state index contributed by atoms with van der Waals surface area (Å²) in [6.45, 7) is 6.31. The number of rotatable bonds is 11. The molecule has 1 amide bonds. The smallest absolute Gasteiger partial charge is 0.490 e. The van der Waals surface area contributed by atoms with Gasteiger partial charge in [0.25, 0.3) is 5.69 Å². The Hall–Kier alpha value is -6.13. The maximum atomic E-state index is 14.7. The van der Waals surface area contributed by atoms with Gasteiger partial charge in [-0.25, -0.2) is 9.78 Å². The van der Waals surface area contributed by atoms with E-state index in [4.69, 9.17) is 29.8 Å². The van der Waals surface area contributed by atoms with Crippen molar-refractivity contribution in [3.8, 4) is 11.5 Å². The number of carbonyl (C=O) groups excluding carboxylic acids is 2. The van der Waals surface area contributed by atoms with E-state index in [0.29, 0.717) is 47.2 Å². The molecule has 3 atom stereocenters. The highest BCUT2D eigenvalue weighted by atomic mass is 19.4. The van der Waals surface area contributed by atoms with Crippen LogP contribution < -0.4 is 20.5 Å². The van der Waals surface area contributed by atoms with E-state index in [1.807, 2.05) is 45.0 Å². The molecule has 5 rings (SSSR count). The number of hydrogen-bond donors (Lipinski definition) is 3. The summed E-state index contributed by atoms with van der Waals surface area (Å²) in [7, 11) is 1.29. The third-order valence-electron chi connectivity index (χ3n) is 8.17. The zero-order valence-corrected chi connectivity index (χ0v) is 29.1. The van der Waals surface area contributed by atoms with Crippen LogP contribution in [0.25, 0.3) is 10.8 Å². The summed E-state index contributed by atoms with van der Waals surface area (Å²) in [5.74, 6) is -2.88. The fourth-order valence-corrected chi connectivity index (χ4v) is 5.91. The molecule has 3 aromatic carbocycles. The van der Waals surface area contributed by atoms with E-state index < -0.39 is 41.0 Å². The summed E-state index contributed by atoms with van der Waals surface area (Å²) in [5.41, 5.74) is 7.65. The SMILES string of the molecule is CCOc1cc(C(Nc2ccc3c(N)nccc3c2)C(=O)N2CCC(C(=O)OC)C2c2cccc([N+](=O)[O-])c2)ccc1OC(C)C.O=C(O)C(F)(F)F. The van der Waals surface area contributed by atoms with E-state index >= 15 is 0 Å². The standard InChI is InChI=1S/C34H37N5O7.C2HF3O2/c1-5-45-29-19-22(9-12-28(29)46-20(2)3)30(37-24-10-11-26-21(17-24)13-15-36-32(26)35)33(40)38-16-14-27(34(41)44-4)31(38)23-7-6-8-25(18-23)39(42)43;3-2(4,5)1(6)7/h6-13,15,17-20,27,30-31,37H,5,14,16H2,1-4H3,(H2,35,36);(H,6,7). The average molecular weight is 742 g/mol. The highest BCUT2D eigenvalue weighted by Gasteiger charge is 2.45. The number of non-ortho nitro benzene ring substituents is 1. The number of nitro groups is 1. The number of alkyl halides is 3. The number of nitrogen functional groups attached to an aromatic ring is 1. The average Bonchev–Trinajstić information content (AvgIpc) is 3.56. The Morgan fingerprint density at radius 3 is 2.43 bits per heavy atom. The fourth-order valence-electron chi connectivity index (χ4n) is 5.91. The van der Waals surface area contributed by atoms with Crippen LogP contribution in [-0.4, -0.2) is 70.3 Å². The summed E-state index contributed by atoms with van der Waals surface area (Å²) in [6.07, 6.45) is -3.24. The monoisotopic (exact) mass is 741 g/mol. The lowest BCUT2D eigenvalue weighted by Crippen LogP contribution is -2.39. The molecular formula is C36H38F3N5O9. The third kappa shape index (κ3) is 9.61. The molecule has 1 aliphatic rings. The van der Waals surface area contributed by atoms with Gasteiger partial charge in [-0.15, -0.1) is 0 Å². The summed E-state index contributed by atoms with van der Waals surface area (Å²) >= 11 is 0. The van der Waals surface area contributed by atoms with Crippen LogP contribution in [0.3, 0.4) is 0 Å². The predicted molar refractivity (Wildman–Crippen MR) is 187 cm³/mol. The van der Waals surface area contributed by atoms with E-state index in [-0.39, 0.29) is 24.2 Å². The summed E-state index contributed by atoms with van der Waals surface area (Å²) in [5, 5.41) is 23.8. The molecule has 53 heavy (non-hydrogen) atoms. The first kappa shape index (κ1) is 39.7. The van der Waals surface area contributed by atoms with Gasteiger partial charge in [0.15, 0.2) is 11.5 Å². The molecule has 0 spiro atoms. The number of esters is 1. The molecule has 14 nitrogen and oxygen atoms in total. The minimum absolute atomic E-state index is 0.101. The molecule has 4 aromatic rings. The van der Waals surface area contributed by atoms with Crippen LogP contribution in [0.2, 0.25) is 0 Å². The Bertz CT molecular complexity index is 1970. The largest absolute Gasteiger partial charge is 0.490 e. The second-order valence-corrected chi connectivity index (χ2v) is 12.1. The quantitative estimate of drug-likeness (QED) is 0.0863. The van der Waals surface area contributed by atoms with Gasteiger partial charge in [0.2, 0.25) is 5.91 Å². The fraction of sp³-hybridized carbons (Fsp3) is 0.333. The number of fused-ring (bicyclic) bond motifs is 1. The molecule has 0 bridgehead atoms. The van der Waals surface area contributed by atoms with Gasteiger partial charge in [0.05, 0.1) is 36.7 Å². The Balaban J connectivity index is 0.000000815. The van der Waals surface area contributed by atoms with E-state index in [1.165, 1.54) is 19.2 Å². The Kier molecular flexibility index (Phi) is 12.7. The highest BCUT2D eigenvalue weighted by molar-refractivity contribution is 5.94. The number of aliphatic carboxylic acids is 1. The molecular weight excluding hydrogens is 703 g/mol. The molecule has 2 heterocycles. The van der Waals surface area contributed by atoms with Crippen molar-refractivity contribution in [2.45, 2.75) is 51.6 Å². The molecule has 0 radical (unpaired) electrons. The number of hydrogen-bond acceptors (Lipinski definition) is 11. The molecule has 0 saturated carbocycles. The number of carboxylic acid groups (broad SMARTS) is 1. The van der Waals surface area contributed by atoms with Gasteiger partial charge in [0.1, 0.15) is 11.9 Å². The molecule has 4 N–H and O–H groups in total. The molecule has 1 aliphatic heterocycles. The number of halogens is 3. The number of likely N-dealkylation sites (tertiary alicyclic amines) is 1. The predicted octanol–water partition coefficient (Wildman–Crippen LogP) is 6.46. The number of nitrogens with two attached hydrogens (primary N) is 1. The van der Waals surface area contributed by atoms with Crippen LogP contribution in [0.5, 0.6) is 11.5 Å². The van der Waals surface area contributed by atoms with Crippen LogP contribution in [0.4, 0.5) is 30.4 Å². The minimum Gasteiger partial charge on any atom is -0.490 e. The van der Waals surface area contributed by atoms with Crippen LogP contribution in [-0.2, 0) is 19.1 Å². The van der Waals surface area contributed by atoms with Crippen molar-refractivity contribution in [1.82, 2.24) is 9.88 Å². The summed E-state index contributed by atoms with van der Waals surface area (Å²) in [6, 6.07) is 17.0. The Morgan fingerprint density at radius 2 is 1.81 bits per heavy atom. The topological polar surface area (TPSA) is 196 Å². The van der Waals surface area contributed by atoms with E-state index in [9.17, 15) is 32.9 Å². The van der Waals surface area contributed by atoms with Crippen molar-refractivity contribution in [1.29, 1.82) is 0 Å². The van der Waals surface area contributed by atoms with Gasteiger partial charge in [-0.2, -0.15) is 13.2 Å². The van der Waals surface area contributed by atoms with Crippen LogP contribution in [0.15, 0.2) is 72.9 Å². The van der Waals surface area contributed by atoms with Crippen LogP contribution in [0.1, 0.15) is 50.4 Å². The zero-order valence-electron chi connectivity index (χ0n) is 29.1. The lowest BCUT2D eigenvalue weighted by atomic mass is 9.92. The van der Waals surface area contributed by atoms with E-state index in [2.05, 4.69) is 10.3 Å². The number of ether oxygens (including phenoxy) is 3. The first-order chi connectivity index (χ1) is 25.0. The third-order valence-corrected chi connectivity index (χ3v) is 8.17. The molecule has 3 unspecified atom stereocenters. The van der Waals surface area contributed by atoms with Gasteiger partial charge in [-0.05, 0) is 80.1 Å². The van der Waals surface area contributed by atoms with Crippen molar-refractivity contribution < 1.29 is 51.8 Å². The number of methoxy groups -OCH3 is 1. The lowest BCUT2D eigenvalue weighted by Gasteiger charge is -2.32.